The van der Waals surface area contributed by atoms with Crippen LogP contribution in [0.15, 0.2) is 4.99 Å². The van der Waals surface area contributed by atoms with Gasteiger partial charge in [0.25, 0.3) is 0 Å². The third-order valence-corrected chi connectivity index (χ3v) is 2.46. The zero-order chi connectivity index (χ0) is 15.4. The minimum Gasteiger partial charge on any atom is -0.465 e. The van der Waals surface area contributed by atoms with Crippen LogP contribution in [-0.4, -0.2) is 43.6 Å². The van der Waals surface area contributed by atoms with E-state index in [0.717, 1.165) is 19.4 Å². The molecule has 0 aromatic heterocycles. The summed E-state index contributed by atoms with van der Waals surface area (Å²) in [6.45, 7) is 3.46. The molecule has 1 atom stereocenters. The van der Waals surface area contributed by atoms with Gasteiger partial charge in [-0.15, -0.1) is 0 Å². The maximum Gasteiger partial charge on any atom is 0.322 e. The number of ether oxygens (including phenoxy) is 1. The van der Waals surface area contributed by atoms with E-state index in [1.165, 1.54) is 0 Å². The molecule has 1 aliphatic heterocycles. The molecule has 116 valence electrons. The summed E-state index contributed by atoms with van der Waals surface area (Å²) >= 11 is 0. The molecule has 0 aliphatic carbocycles. The van der Waals surface area contributed by atoms with Crippen molar-refractivity contribution in [2.75, 3.05) is 19.7 Å². The van der Waals surface area contributed by atoms with Crippen molar-refractivity contribution in [3.8, 4) is 0 Å². The molecule has 0 aromatic carbocycles. The molecular formula is C12H25N5O3. The second-order valence-corrected chi connectivity index (χ2v) is 4.26. The predicted octanol–water partition coefficient (Wildman–Crippen LogP) is -1.17. The molecule has 0 saturated carbocycles. The maximum atomic E-state index is 11.0. The van der Waals surface area contributed by atoms with Gasteiger partial charge in [0.05, 0.1) is 6.61 Å². The Balaban J connectivity index is 0.000000493. The monoisotopic (exact) mass is 287 g/mol. The zero-order valence-electron chi connectivity index (χ0n) is 11.9. The van der Waals surface area contributed by atoms with Crippen molar-refractivity contribution in [2.45, 2.75) is 38.6 Å². The number of guanidine groups is 1. The molecule has 20 heavy (non-hydrogen) atoms. The van der Waals surface area contributed by atoms with Crippen LogP contribution in [0.1, 0.15) is 32.6 Å². The number of hydrogen-bond donors (Lipinski definition) is 4. The summed E-state index contributed by atoms with van der Waals surface area (Å²) in [5.74, 6) is -0.123. The van der Waals surface area contributed by atoms with E-state index in [2.05, 4.69) is 10.3 Å². The summed E-state index contributed by atoms with van der Waals surface area (Å²) in [5.41, 5.74) is 15.8. The van der Waals surface area contributed by atoms with Crippen LogP contribution in [0.4, 0.5) is 0 Å². The number of hydrogen-bond acceptors (Lipinski definition) is 5. The lowest BCUT2D eigenvalue weighted by molar-refractivity contribution is -0.144. The molecule has 0 aromatic rings. The molecule has 0 spiro atoms. The summed E-state index contributed by atoms with van der Waals surface area (Å²) < 4.78 is 4.73. The van der Waals surface area contributed by atoms with E-state index >= 15 is 0 Å². The van der Waals surface area contributed by atoms with Gasteiger partial charge in [-0.05, 0) is 26.2 Å². The molecule has 1 fully saturated rings. The maximum absolute atomic E-state index is 11.0. The van der Waals surface area contributed by atoms with E-state index in [-0.39, 0.29) is 17.8 Å². The highest BCUT2D eigenvalue weighted by molar-refractivity contribution is 5.77. The van der Waals surface area contributed by atoms with Crippen molar-refractivity contribution in [3.05, 3.63) is 0 Å². The number of nitrogens with one attached hydrogen (secondary N) is 1. The molecule has 8 heteroatoms. The minimum absolute atomic E-state index is 0.0507. The molecular weight excluding hydrogens is 262 g/mol. The third-order valence-electron chi connectivity index (χ3n) is 2.46. The van der Waals surface area contributed by atoms with Crippen molar-refractivity contribution in [2.24, 2.45) is 22.2 Å². The summed E-state index contributed by atoms with van der Waals surface area (Å²) in [7, 11) is 0. The lowest BCUT2D eigenvalue weighted by Crippen LogP contribution is -2.32. The van der Waals surface area contributed by atoms with Crippen LogP contribution >= 0.6 is 0 Å². The summed E-state index contributed by atoms with van der Waals surface area (Å²) in [6.07, 6.45) is 2.95. The molecule has 8 nitrogen and oxygen atoms in total. The van der Waals surface area contributed by atoms with Gasteiger partial charge in [0.15, 0.2) is 5.96 Å². The van der Waals surface area contributed by atoms with Crippen molar-refractivity contribution in [3.63, 3.8) is 0 Å². The summed E-state index contributed by atoms with van der Waals surface area (Å²) in [5, 5.41) is 2.68. The molecule has 0 unspecified atom stereocenters. The largest absolute Gasteiger partial charge is 0.465 e. The van der Waals surface area contributed by atoms with Crippen LogP contribution in [0.3, 0.4) is 0 Å². The Bertz CT molecular complexity index is 321. The van der Waals surface area contributed by atoms with Gasteiger partial charge in [0.2, 0.25) is 5.91 Å². The SMILES string of the molecule is CCOC(=O)[C@@H](N)CCCN=C(N)N.O=C1CCCN1. The number of nitrogens with two attached hydrogens (primary N) is 3. The van der Waals surface area contributed by atoms with Crippen molar-refractivity contribution >= 4 is 17.8 Å². The second-order valence-electron chi connectivity index (χ2n) is 4.26. The quantitative estimate of drug-likeness (QED) is 0.209. The third kappa shape index (κ3) is 10.1. The Morgan fingerprint density at radius 2 is 2.20 bits per heavy atom. The highest BCUT2D eigenvalue weighted by Gasteiger charge is 2.13. The van der Waals surface area contributed by atoms with E-state index in [4.69, 9.17) is 21.9 Å². The van der Waals surface area contributed by atoms with E-state index in [1.54, 1.807) is 6.92 Å². The molecule has 0 bridgehead atoms. The summed E-state index contributed by atoms with van der Waals surface area (Å²) in [6, 6.07) is -0.579. The van der Waals surface area contributed by atoms with Crippen LogP contribution in [0.25, 0.3) is 0 Å². The fourth-order valence-corrected chi connectivity index (χ4v) is 1.45. The highest BCUT2D eigenvalue weighted by atomic mass is 16.5. The summed E-state index contributed by atoms with van der Waals surface area (Å²) in [4.78, 5) is 24.9. The first kappa shape index (κ1) is 18.2. The Morgan fingerprint density at radius 3 is 2.60 bits per heavy atom. The van der Waals surface area contributed by atoms with Crippen LogP contribution in [0.5, 0.6) is 0 Å². The van der Waals surface area contributed by atoms with Crippen LogP contribution < -0.4 is 22.5 Å². The van der Waals surface area contributed by atoms with Gasteiger partial charge in [-0.2, -0.15) is 0 Å². The Labute approximate surface area is 119 Å². The molecule has 1 aliphatic rings. The number of carbonyl (C=O) groups is 2. The normalized spacial score (nSPS) is 14.6. The smallest absolute Gasteiger partial charge is 0.322 e. The fraction of sp³-hybridized carbons (Fsp3) is 0.750. The molecule has 1 amide bonds. The van der Waals surface area contributed by atoms with E-state index < -0.39 is 6.04 Å². The van der Waals surface area contributed by atoms with Gasteiger partial charge in [-0.1, -0.05) is 0 Å². The number of rotatable bonds is 6. The molecule has 0 radical (unpaired) electrons. The fourth-order valence-electron chi connectivity index (χ4n) is 1.45. The molecule has 7 N–H and O–H groups in total. The first-order valence-electron chi connectivity index (χ1n) is 6.71. The number of nitrogens with zero attached hydrogens (tertiary/aromatic N) is 1. The van der Waals surface area contributed by atoms with Crippen molar-refractivity contribution in [1.29, 1.82) is 0 Å². The van der Waals surface area contributed by atoms with Gasteiger partial charge in [-0.3, -0.25) is 14.6 Å². The standard InChI is InChI=1S/C8H18N4O2.C4H7NO/c1-2-14-7(13)6(9)4-3-5-12-8(10)11;6-4-2-1-3-5-4/h6H,2-5,9H2,1H3,(H4,10,11,12);1-3H2,(H,5,6)/t6-;/m0./s1. The first-order valence-corrected chi connectivity index (χ1v) is 6.71. The van der Waals surface area contributed by atoms with E-state index in [1.807, 2.05) is 0 Å². The molecule has 1 rings (SSSR count). The highest BCUT2D eigenvalue weighted by Crippen LogP contribution is 1.97. The number of carbonyl (C=O) groups excluding carboxylic acids is 2. The van der Waals surface area contributed by atoms with Gasteiger partial charge in [0, 0.05) is 19.5 Å². The topological polar surface area (TPSA) is 146 Å². The van der Waals surface area contributed by atoms with Gasteiger partial charge < -0.3 is 27.3 Å². The Morgan fingerprint density at radius 1 is 1.50 bits per heavy atom. The van der Waals surface area contributed by atoms with Crippen LogP contribution in [-0.2, 0) is 14.3 Å². The Hall–Kier alpha value is -1.83. The predicted molar refractivity (Wildman–Crippen MR) is 76.8 cm³/mol. The lowest BCUT2D eigenvalue weighted by Gasteiger charge is -2.08. The number of esters is 1. The van der Waals surface area contributed by atoms with E-state index in [0.29, 0.717) is 26.0 Å². The Kier molecular flexibility index (Phi) is 10.0. The first-order chi connectivity index (χ1) is 9.47. The van der Waals surface area contributed by atoms with E-state index in [9.17, 15) is 9.59 Å². The zero-order valence-corrected chi connectivity index (χ0v) is 11.9. The number of aliphatic imine (C=N–C) groups is 1. The molecule has 1 saturated heterocycles. The van der Waals surface area contributed by atoms with Gasteiger partial charge in [0.1, 0.15) is 6.04 Å². The van der Waals surface area contributed by atoms with Crippen molar-refractivity contribution < 1.29 is 14.3 Å². The average Bonchev–Trinajstić information content (AvgIpc) is 2.86. The average molecular weight is 287 g/mol. The lowest BCUT2D eigenvalue weighted by atomic mass is 10.2. The van der Waals surface area contributed by atoms with Crippen LogP contribution in [0.2, 0.25) is 0 Å². The second kappa shape index (κ2) is 11.0. The van der Waals surface area contributed by atoms with Gasteiger partial charge >= 0.3 is 5.97 Å². The minimum atomic E-state index is -0.579. The van der Waals surface area contributed by atoms with Crippen LogP contribution in [0, 0.1) is 0 Å². The molecule has 1 heterocycles. The number of amides is 1. The van der Waals surface area contributed by atoms with Crippen molar-refractivity contribution in [1.82, 2.24) is 5.32 Å². The van der Waals surface area contributed by atoms with Gasteiger partial charge in [-0.25, -0.2) is 0 Å².